The van der Waals surface area contributed by atoms with E-state index in [0.717, 1.165) is 6.07 Å². The van der Waals surface area contributed by atoms with Crippen molar-refractivity contribution in [2.75, 3.05) is 13.7 Å². The first-order chi connectivity index (χ1) is 7.10. The van der Waals surface area contributed by atoms with Gasteiger partial charge in [0.15, 0.2) is 11.6 Å². The Labute approximate surface area is 86.2 Å². The summed E-state index contributed by atoms with van der Waals surface area (Å²) < 4.78 is 23.2. The van der Waals surface area contributed by atoms with Crippen LogP contribution in [0, 0.1) is 5.82 Å². The smallest absolute Gasteiger partial charge is 0.338 e. The van der Waals surface area contributed by atoms with Gasteiger partial charge in [-0.1, -0.05) is 0 Å². The number of aromatic carboxylic acids is 1. The van der Waals surface area contributed by atoms with Crippen LogP contribution >= 0.6 is 0 Å². The van der Waals surface area contributed by atoms with Gasteiger partial charge >= 0.3 is 5.97 Å². The summed E-state index contributed by atoms with van der Waals surface area (Å²) in [5, 5.41) is 8.73. The molecule has 0 heterocycles. The van der Waals surface area contributed by atoms with E-state index in [4.69, 9.17) is 14.6 Å². The first-order valence-corrected chi connectivity index (χ1v) is 4.33. The number of hydrogen-bond acceptors (Lipinski definition) is 3. The van der Waals surface area contributed by atoms with E-state index < -0.39 is 17.3 Å². The van der Waals surface area contributed by atoms with Crippen molar-refractivity contribution in [2.45, 2.75) is 6.92 Å². The topological polar surface area (TPSA) is 55.8 Å². The van der Waals surface area contributed by atoms with Gasteiger partial charge in [0.2, 0.25) is 0 Å². The van der Waals surface area contributed by atoms with Crippen LogP contribution in [-0.2, 0) is 0 Å². The second-order valence-electron chi connectivity index (χ2n) is 2.73. The molecule has 1 N–H and O–H groups in total. The molecule has 0 aliphatic heterocycles. The Bertz CT molecular complexity index is 376. The molecule has 0 unspecified atom stereocenters. The van der Waals surface area contributed by atoms with Crippen molar-refractivity contribution in [1.82, 2.24) is 0 Å². The van der Waals surface area contributed by atoms with Crippen molar-refractivity contribution in [3.05, 3.63) is 23.5 Å². The third-order valence-corrected chi connectivity index (χ3v) is 1.77. The van der Waals surface area contributed by atoms with Crippen LogP contribution in [0.15, 0.2) is 12.1 Å². The van der Waals surface area contributed by atoms with Crippen molar-refractivity contribution in [3.8, 4) is 11.5 Å². The third-order valence-electron chi connectivity index (χ3n) is 1.77. The minimum atomic E-state index is -1.35. The van der Waals surface area contributed by atoms with E-state index >= 15 is 0 Å². The summed E-state index contributed by atoms with van der Waals surface area (Å²) in [5.74, 6) is -2.12. The zero-order chi connectivity index (χ0) is 11.4. The highest BCUT2D eigenvalue weighted by atomic mass is 19.1. The molecule has 1 rings (SSSR count). The minimum Gasteiger partial charge on any atom is -0.494 e. The number of halogens is 1. The van der Waals surface area contributed by atoms with Crippen LogP contribution in [0.5, 0.6) is 11.5 Å². The van der Waals surface area contributed by atoms with Gasteiger partial charge in [-0.05, 0) is 13.0 Å². The summed E-state index contributed by atoms with van der Waals surface area (Å²) in [6, 6.07) is 2.44. The van der Waals surface area contributed by atoms with Crippen LogP contribution in [0.4, 0.5) is 4.39 Å². The van der Waals surface area contributed by atoms with Gasteiger partial charge in [-0.3, -0.25) is 0 Å². The van der Waals surface area contributed by atoms with E-state index in [0.29, 0.717) is 6.61 Å². The second-order valence-corrected chi connectivity index (χ2v) is 2.73. The molecule has 0 aliphatic rings. The number of carboxylic acids is 1. The van der Waals surface area contributed by atoms with E-state index in [1.165, 1.54) is 13.2 Å². The largest absolute Gasteiger partial charge is 0.494 e. The molecule has 15 heavy (non-hydrogen) atoms. The van der Waals surface area contributed by atoms with Gasteiger partial charge in [-0.2, -0.15) is 0 Å². The summed E-state index contributed by atoms with van der Waals surface area (Å²) in [6.07, 6.45) is 0. The lowest BCUT2D eigenvalue weighted by Gasteiger charge is -2.08. The average molecular weight is 214 g/mol. The van der Waals surface area contributed by atoms with Crippen LogP contribution in [0.3, 0.4) is 0 Å². The van der Waals surface area contributed by atoms with E-state index in [1.807, 2.05) is 0 Å². The molecule has 0 amide bonds. The molecule has 5 heteroatoms. The SMILES string of the molecule is CCOc1cc(OC)c(F)c(C(=O)O)c1. The fourth-order valence-corrected chi connectivity index (χ4v) is 1.13. The Kier molecular flexibility index (Phi) is 3.49. The summed E-state index contributed by atoms with van der Waals surface area (Å²) in [4.78, 5) is 10.7. The standard InChI is InChI=1S/C10H11FO4/c1-3-15-6-4-7(10(12)13)9(11)8(5-6)14-2/h4-5H,3H2,1-2H3,(H,12,13). The van der Waals surface area contributed by atoms with E-state index in [-0.39, 0.29) is 11.5 Å². The summed E-state index contributed by atoms with van der Waals surface area (Å²) >= 11 is 0. The van der Waals surface area contributed by atoms with E-state index in [1.54, 1.807) is 6.92 Å². The molecular weight excluding hydrogens is 203 g/mol. The monoisotopic (exact) mass is 214 g/mol. The number of ether oxygens (including phenoxy) is 2. The highest BCUT2D eigenvalue weighted by molar-refractivity contribution is 5.89. The van der Waals surface area contributed by atoms with Gasteiger partial charge in [0.05, 0.1) is 13.7 Å². The van der Waals surface area contributed by atoms with Crippen molar-refractivity contribution in [1.29, 1.82) is 0 Å². The van der Waals surface area contributed by atoms with Crippen LogP contribution in [0.1, 0.15) is 17.3 Å². The molecular formula is C10H11FO4. The molecule has 0 fully saturated rings. The van der Waals surface area contributed by atoms with Crippen molar-refractivity contribution >= 4 is 5.97 Å². The third kappa shape index (κ3) is 2.37. The first-order valence-electron chi connectivity index (χ1n) is 4.33. The van der Waals surface area contributed by atoms with Gasteiger partial charge in [0.1, 0.15) is 11.3 Å². The predicted molar refractivity (Wildman–Crippen MR) is 51.1 cm³/mol. The molecule has 0 bridgehead atoms. The molecule has 1 aromatic rings. The number of carbonyl (C=O) groups is 1. The van der Waals surface area contributed by atoms with E-state index in [2.05, 4.69) is 0 Å². The fraction of sp³-hybridized carbons (Fsp3) is 0.300. The lowest BCUT2D eigenvalue weighted by Crippen LogP contribution is -2.04. The lowest BCUT2D eigenvalue weighted by atomic mass is 10.2. The fourth-order valence-electron chi connectivity index (χ4n) is 1.13. The molecule has 0 saturated carbocycles. The highest BCUT2D eigenvalue weighted by Gasteiger charge is 2.17. The Morgan fingerprint density at radius 1 is 1.53 bits per heavy atom. The van der Waals surface area contributed by atoms with Crippen LogP contribution < -0.4 is 9.47 Å². The second kappa shape index (κ2) is 4.63. The molecule has 4 nitrogen and oxygen atoms in total. The highest BCUT2D eigenvalue weighted by Crippen LogP contribution is 2.27. The Morgan fingerprint density at radius 2 is 2.20 bits per heavy atom. The molecule has 82 valence electrons. The summed E-state index contributed by atoms with van der Waals surface area (Å²) in [6.45, 7) is 2.12. The van der Waals surface area contributed by atoms with Gasteiger partial charge in [-0.15, -0.1) is 0 Å². The van der Waals surface area contributed by atoms with Gasteiger partial charge in [-0.25, -0.2) is 9.18 Å². The molecule has 0 aliphatic carbocycles. The van der Waals surface area contributed by atoms with Crippen LogP contribution in [0.25, 0.3) is 0 Å². The Morgan fingerprint density at radius 3 is 2.67 bits per heavy atom. The molecule has 0 saturated heterocycles. The lowest BCUT2D eigenvalue weighted by molar-refractivity contribution is 0.0690. The summed E-state index contributed by atoms with van der Waals surface area (Å²) in [5.41, 5.74) is -0.460. The Hall–Kier alpha value is -1.78. The van der Waals surface area contributed by atoms with E-state index in [9.17, 15) is 9.18 Å². The zero-order valence-electron chi connectivity index (χ0n) is 8.41. The average Bonchev–Trinajstić information content (AvgIpc) is 2.20. The maximum atomic E-state index is 13.4. The van der Waals surface area contributed by atoms with Crippen molar-refractivity contribution in [3.63, 3.8) is 0 Å². The molecule has 0 atom stereocenters. The Balaban J connectivity index is 3.25. The number of rotatable bonds is 4. The van der Waals surface area contributed by atoms with Crippen molar-refractivity contribution < 1.29 is 23.8 Å². The maximum absolute atomic E-state index is 13.4. The van der Waals surface area contributed by atoms with Gasteiger partial charge < -0.3 is 14.6 Å². The van der Waals surface area contributed by atoms with Crippen molar-refractivity contribution in [2.24, 2.45) is 0 Å². The minimum absolute atomic E-state index is 0.140. The zero-order valence-corrected chi connectivity index (χ0v) is 8.41. The number of hydrogen-bond donors (Lipinski definition) is 1. The summed E-state index contributed by atoms with van der Waals surface area (Å²) in [7, 11) is 1.26. The van der Waals surface area contributed by atoms with Crippen LogP contribution in [0.2, 0.25) is 0 Å². The van der Waals surface area contributed by atoms with Crippen LogP contribution in [-0.4, -0.2) is 24.8 Å². The quantitative estimate of drug-likeness (QED) is 0.832. The molecule has 0 spiro atoms. The predicted octanol–water partition coefficient (Wildman–Crippen LogP) is 1.93. The molecule has 0 aromatic heterocycles. The normalized spacial score (nSPS) is 9.80. The maximum Gasteiger partial charge on any atom is 0.338 e. The molecule has 0 radical (unpaired) electrons. The molecule has 1 aromatic carbocycles. The first kappa shape index (κ1) is 11.3. The number of carboxylic acid groups (broad SMARTS) is 1. The number of methoxy groups -OCH3 is 1. The number of benzene rings is 1. The van der Waals surface area contributed by atoms with Gasteiger partial charge in [0.25, 0.3) is 0 Å². The van der Waals surface area contributed by atoms with Gasteiger partial charge in [0, 0.05) is 6.07 Å².